The van der Waals surface area contributed by atoms with Crippen molar-refractivity contribution in [2.75, 3.05) is 65.6 Å². The minimum Gasteiger partial charge on any atom is -0.496 e. The number of piperidine rings is 1. The van der Waals surface area contributed by atoms with E-state index < -0.39 is 0 Å². The third-order valence-corrected chi connectivity index (χ3v) is 12.2. The fourth-order valence-corrected chi connectivity index (χ4v) is 8.89. The lowest BCUT2D eigenvalue weighted by Crippen LogP contribution is -2.46. The largest absolute Gasteiger partial charge is 0.496 e. The molecule has 7 nitrogen and oxygen atoms in total. The topological polar surface area (TPSA) is 55.4 Å². The molecule has 0 aromatic heterocycles. The maximum atomic E-state index is 5.82. The molecule has 56 heavy (non-hydrogen) atoms. The molecule has 0 radical (unpaired) electrons. The quantitative estimate of drug-likeness (QED) is 0.122. The highest BCUT2D eigenvalue weighted by molar-refractivity contribution is 5.77. The Morgan fingerprint density at radius 1 is 0.750 bits per heavy atom. The number of nitrogens with zero attached hydrogens (tertiary/aromatic N) is 2. The van der Waals surface area contributed by atoms with E-state index in [4.69, 9.17) is 18.9 Å². The predicted octanol–water partition coefficient (Wildman–Crippen LogP) is 9.93. The van der Waals surface area contributed by atoms with E-state index in [1.54, 1.807) is 21.3 Å². The Labute approximate surface area is 334 Å². The number of hydrogen-bond donors (Lipinski definition) is 1. The van der Waals surface area contributed by atoms with Gasteiger partial charge in [-0.3, -0.25) is 4.90 Å². The summed E-state index contributed by atoms with van der Waals surface area (Å²) in [7, 11) is 5.28. The molecule has 1 saturated heterocycles. The molecule has 294 valence electrons. The smallest absolute Gasteiger partial charge is 0.164 e. The summed E-state index contributed by atoms with van der Waals surface area (Å²) in [6.45, 7) is 9.91. The van der Waals surface area contributed by atoms with Gasteiger partial charge < -0.3 is 29.2 Å². The van der Waals surface area contributed by atoms with Crippen LogP contribution in [0.1, 0.15) is 85.1 Å². The average Bonchev–Trinajstić information content (AvgIpc) is 4.17. The Bertz CT molecular complexity index is 2050. The molecule has 7 heteroatoms. The fraction of sp³-hybridized carbons (Fsp3) is 0.429. The minimum atomic E-state index is 0.467. The summed E-state index contributed by atoms with van der Waals surface area (Å²) in [6.07, 6.45) is 12.8. The SMILES string of the molecule is CCOc1ccc(N(CCc2cccc(-c3cc(OC)c(OC)c(C4CC4)c3)c2)C2CCN(CC3=CC(c4cc(OC)c(C)c(C5CC5)c4)=CNC3)CC2)cc1. The van der Waals surface area contributed by atoms with Crippen LogP contribution >= 0.6 is 0 Å². The monoisotopic (exact) mass is 753 g/mol. The van der Waals surface area contributed by atoms with Crippen LogP contribution in [0, 0.1) is 6.92 Å². The van der Waals surface area contributed by atoms with Gasteiger partial charge in [0.2, 0.25) is 0 Å². The summed E-state index contributed by atoms with van der Waals surface area (Å²) < 4.78 is 23.3. The molecule has 1 N–H and O–H groups in total. The lowest BCUT2D eigenvalue weighted by atomic mass is 9.94. The first-order valence-corrected chi connectivity index (χ1v) is 20.8. The first-order valence-electron chi connectivity index (χ1n) is 20.8. The summed E-state index contributed by atoms with van der Waals surface area (Å²) in [5.41, 5.74) is 13.0. The van der Waals surface area contributed by atoms with E-state index in [-0.39, 0.29) is 0 Å². The number of nitrogens with one attached hydrogen (secondary N) is 1. The molecular weight excluding hydrogens is 695 g/mol. The number of hydrogen-bond acceptors (Lipinski definition) is 7. The second-order valence-corrected chi connectivity index (χ2v) is 16.1. The van der Waals surface area contributed by atoms with Crippen molar-refractivity contribution in [1.82, 2.24) is 10.2 Å². The molecule has 2 aliphatic carbocycles. The number of likely N-dealkylation sites (tertiary alicyclic amines) is 1. The Kier molecular flexibility index (Phi) is 11.6. The second kappa shape index (κ2) is 17.1. The molecule has 2 saturated carbocycles. The van der Waals surface area contributed by atoms with Gasteiger partial charge in [-0.05, 0) is 158 Å². The molecule has 4 aromatic rings. The molecule has 4 aromatic carbocycles. The maximum absolute atomic E-state index is 5.82. The summed E-state index contributed by atoms with van der Waals surface area (Å²) in [5, 5.41) is 3.59. The van der Waals surface area contributed by atoms with Gasteiger partial charge in [-0.25, -0.2) is 0 Å². The standard InChI is InChI=1S/C49H59N3O4/c1-6-56-44-16-14-42(15-17-44)52(23-18-34-8-7-9-38(24-34)39-27-46(37-12-13-37)49(55-5)48(29-39)54-4)43-19-21-51(22-20-43)32-35-25-41(31-50-30-35)40-26-45(36-10-11-36)33(2)47(28-40)53-3/h7-9,14-17,24-29,31,36-37,43,50H,6,10-13,18-23,30,32H2,1-5H3. The van der Waals surface area contributed by atoms with Gasteiger partial charge in [0.1, 0.15) is 11.5 Å². The molecule has 2 heterocycles. The van der Waals surface area contributed by atoms with E-state index in [1.165, 1.54) is 81.5 Å². The molecule has 2 aliphatic heterocycles. The second-order valence-electron chi connectivity index (χ2n) is 16.1. The Balaban J connectivity index is 0.955. The van der Waals surface area contributed by atoms with E-state index in [2.05, 4.69) is 107 Å². The zero-order valence-corrected chi connectivity index (χ0v) is 34.0. The van der Waals surface area contributed by atoms with Crippen molar-refractivity contribution in [3.05, 3.63) is 118 Å². The van der Waals surface area contributed by atoms with Crippen LogP contribution in [0.5, 0.6) is 23.0 Å². The molecule has 0 unspecified atom stereocenters. The van der Waals surface area contributed by atoms with E-state index in [0.29, 0.717) is 24.5 Å². The molecule has 4 aliphatic rings. The van der Waals surface area contributed by atoms with Crippen molar-refractivity contribution in [3.63, 3.8) is 0 Å². The highest BCUT2D eigenvalue weighted by Gasteiger charge is 2.30. The molecule has 3 fully saturated rings. The van der Waals surface area contributed by atoms with E-state index in [9.17, 15) is 0 Å². The number of ether oxygens (including phenoxy) is 4. The Morgan fingerprint density at radius 2 is 1.46 bits per heavy atom. The van der Waals surface area contributed by atoms with Gasteiger partial charge in [-0.2, -0.15) is 0 Å². The van der Waals surface area contributed by atoms with Crippen molar-refractivity contribution in [2.24, 2.45) is 0 Å². The number of anilines is 1. The summed E-state index contributed by atoms with van der Waals surface area (Å²) in [4.78, 5) is 5.31. The molecule has 0 bridgehead atoms. The third kappa shape index (κ3) is 8.58. The van der Waals surface area contributed by atoms with Crippen LogP contribution < -0.4 is 29.2 Å². The normalized spacial score (nSPS) is 17.4. The van der Waals surface area contributed by atoms with Crippen molar-refractivity contribution in [1.29, 1.82) is 0 Å². The Morgan fingerprint density at radius 3 is 2.16 bits per heavy atom. The van der Waals surface area contributed by atoms with Gasteiger partial charge in [0, 0.05) is 56.2 Å². The van der Waals surface area contributed by atoms with Gasteiger partial charge >= 0.3 is 0 Å². The van der Waals surface area contributed by atoms with E-state index in [0.717, 1.165) is 75.0 Å². The number of dihydropyridines is 1. The van der Waals surface area contributed by atoms with Crippen molar-refractivity contribution >= 4 is 11.3 Å². The Hall–Kier alpha value is -4.88. The third-order valence-electron chi connectivity index (χ3n) is 12.2. The van der Waals surface area contributed by atoms with Gasteiger partial charge in [-0.15, -0.1) is 0 Å². The molecule has 8 rings (SSSR count). The number of rotatable bonds is 16. The molecule has 0 spiro atoms. The zero-order valence-electron chi connectivity index (χ0n) is 34.0. The van der Waals surface area contributed by atoms with Crippen LogP contribution in [0.3, 0.4) is 0 Å². The average molecular weight is 754 g/mol. The van der Waals surface area contributed by atoms with Crippen LogP contribution in [-0.2, 0) is 6.42 Å². The lowest BCUT2D eigenvalue weighted by Gasteiger charge is -2.40. The fourth-order valence-electron chi connectivity index (χ4n) is 8.89. The highest BCUT2D eigenvalue weighted by atomic mass is 16.5. The van der Waals surface area contributed by atoms with Gasteiger partial charge in [0.05, 0.1) is 27.9 Å². The first kappa shape index (κ1) is 38.0. The van der Waals surface area contributed by atoms with Gasteiger partial charge in [0.25, 0.3) is 0 Å². The molecule has 0 amide bonds. The maximum Gasteiger partial charge on any atom is 0.164 e. The predicted molar refractivity (Wildman–Crippen MR) is 229 cm³/mol. The van der Waals surface area contributed by atoms with Gasteiger partial charge in [-0.1, -0.05) is 36.4 Å². The van der Waals surface area contributed by atoms with Crippen LogP contribution in [0.2, 0.25) is 0 Å². The molecular formula is C49H59N3O4. The van der Waals surface area contributed by atoms with E-state index in [1.807, 2.05) is 6.92 Å². The molecule has 0 atom stereocenters. The van der Waals surface area contributed by atoms with Crippen LogP contribution in [0.15, 0.2) is 90.6 Å². The highest BCUT2D eigenvalue weighted by Crippen LogP contribution is 2.49. The van der Waals surface area contributed by atoms with Crippen molar-refractivity contribution < 1.29 is 18.9 Å². The van der Waals surface area contributed by atoms with Crippen molar-refractivity contribution in [3.8, 4) is 34.1 Å². The minimum absolute atomic E-state index is 0.467. The number of methoxy groups -OCH3 is 3. The summed E-state index contributed by atoms with van der Waals surface area (Å²) >= 11 is 0. The zero-order chi connectivity index (χ0) is 38.6. The summed E-state index contributed by atoms with van der Waals surface area (Å²) in [5.74, 6) is 4.86. The summed E-state index contributed by atoms with van der Waals surface area (Å²) in [6, 6.07) is 27.4. The van der Waals surface area contributed by atoms with Crippen LogP contribution in [0.25, 0.3) is 16.7 Å². The van der Waals surface area contributed by atoms with Crippen LogP contribution in [-0.4, -0.2) is 71.6 Å². The van der Waals surface area contributed by atoms with Crippen molar-refractivity contribution in [2.45, 2.75) is 76.7 Å². The van der Waals surface area contributed by atoms with E-state index >= 15 is 0 Å². The van der Waals surface area contributed by atoms with Crippen LogP contribution in [0.4, 0.5) is 5.69 Å². The lowest BCUT2D eigenvalue weighted by molar-refractivity contribution is 0.223. The number of allylic oxidation sites excluding steroid dienone is 2. The van der Waals surface area contributed by atoms with Gasteiger partial charge in [0.15, 0.2) is 11.5 Å². The number of benzene rings is 4. The first-order chi connectivity index (χ1) is 27.4.